The third-order valence-electron chi connectivity index (χ3n) is 4.55. The Balaban J connectivity index is 1.75. The number of likely N-dealkylation sites (tertiary alicyclic amines) is 1. The van der Waals surface area contributed by atoms with Gasteiger partial charge in [0.05, 0.1) is 19.6 Å². The van der Waals surface area contributed by atoms with E-state index in [1.807, 2.05) is 6.92 Å². The van der Waals surface area contributed by atoms with Crippen LogP contribution in [-0.4, -0.2) is 55.1 Å². The zero-order valence-electron chi connectivity index (χ0n) is 15.4. The highest BCUT2D eigenvalue weighted by Gasteiger charge is 2.25. The Morgan fingerprint density at radius 3 is 2.69 bits per heavy atom. The molecule has 2 rings (SSSR count). The lowest BCUT2D eigenvalue weighted by Gasteiger charge is -2.30. The van der Waals surface area contributed by atoms with E-state index in [2.05, 4.69) is 4.90 Å². The first kappa shape index (κ1) is 20.0. The summed E-state index contributed by atoms with van der Waals surface area (Å²) in [6, 6.07) is 4.94. The molecule has 1 N–H and O–H groups in total. The van der Waals surface area contributed by atoms with Crippen LogP contribution in [0.5, 0.6) is 11.5 Å². The largest absolute Gasteiger partial charge is 0.504 e. The number of rotatable bonds is 8. The summed E-state index contributed by atoms with van der Waals surface area (Å²) in [4.78, 5) is 26.0. The fourth-order valence-electron chi connectivity index (χ4n) is 2.99. The number of piperidine rings is 1. The fraction of sp³-hybridized carbons (Fsp3) is 0.500. The summed E-state index contributed by atoms with van der Waals surface area (Å²) in [7, 11) is 1.48. The van der Waals surface area contributed by atoms with Gasteiger partial charge in [0.2, 0.25) is 0 Å². The molecule has 0 spiro atoms. The van der Waals surface area contributed by atoms with Crippen molar-refractivity contribution < 1.29 is 24.2 Å². The molecule has 0 bridgehead atoms. The summed E-state index contributed by atoms with van der Waals surface area (Å²) in [6.07, 6.45) is 5.29. The molecule has 1 heterocycles. The number of ether oxygens (including phenoxy) is 2. The molecule has 26 heavy (non-hydrogen) atoms. The predicted molar refractivity (Wildman–Crippen MR) is 99.1 cm³/mol. The molecule has 142 valence electrons. The summed E-state index contributed by atoms with van der Waals surface area (Å²) in [5.74, 6) is 0.387. The molecule has 6 heteroatoms. The van der Waals surface area contributed by atoms with Gasteiger partial charge in [-0.05, 0) is 56.6 Å². The van der Waals surface area contributed by atoms with Gasteiger partial charge in [-0.25, -0.2) is 0 Å². The van der Waals surface area contributed by atoms with E-state index in [4.69, 9.17) is 9.47 Å². The van der Waals surface area contributed by atoms with E-state index in [1.165, 1.54) is 13.2 Å². The molecule has 1 aliphatic rings. The molecule has 1 aromatic carbocycles. The number of carbonyl (C=O) groups is 2. The number of carbonyl (C=O) groups excluding carboxylic acids is 2. The minimum atomic E-state index is -0.101. The average Bonchev–Trinajstić information content (AvgIpc) is 2.66. The number of esters is 1. The molecule has 1 saturated heterocycles. The number of hydrogen-bond donors (Lipinski definition) is 1. The van der Waals surface area contributed by atoms with E-state index >= 15 is 0 Å². The van der Waals surface area contributed by atoms with Gasteiger partial charge in [0.15, 0.2) is 17.3 Å². The number of methoxy groups -OCH3 is 1. The first-order valence-corrected chi connectivity index (χ1v) is 9.00. The van der Waals surface area contributed by atoms with Crippen LogP contribution in [0, 0.1) is 5.92 Å². The van der Waals surface area contributed by atoms with Crippen LogP contribution in [0.3, 0.4) is 0 Å². The molecule has 0 radical (unpaired) electrons. The molecule has 1 aromatic rings. The van der Waals surface area contributed by atoms with Crippen molar-refractivity contribution in [2.45, 2.75) is 26.2 Å². The smallest absolute Gasteiger partial charge is 0.309 e. The van der Waals surface area contributed by atoms with Crippen molar-refractivity contribution in [3.8, 4) is 11.5 Å². The van der Waals surface area contributed by atoms with Gasteiger partial charge in [0, 0.05) is 13.0 Å². The molecular weight excluding hydrogens is 334 g/mol. The van der Waals surface area contributed by atoms with Gasteiger partial charge in [-0.15, -0.1) is 0 Å². The Bertz CT molecular complexity index is 648. The van der Waals surface area contributed by atoms with Crippen molar-refractivity contribution in [1.82, 2.24) is 4.90 Å². The Kier molecular flexibility index (Phi) is 7.66. The van der Waals surface area contributed by atoms with Gasteiger partial charge < -0.3 is 19.5 Å². The number of phenolic OH excluding ortho intramolecular Hbond substituents is 1. The number of phenols is 1. The van der Waals surface area contributed by atoms with Crippen LogP contribution in [0.15, 0.2) is 24.3 Å². The Morgan fingerprint density at radius 1 is 1.31 bits per heavy atom. The van der Waals surface area contributed by atoms with Gasteiger partial charge in [0.25, 0.3) is 0 Å². The van der Waals surface area contributed by atoms with Gasteiger partial charge in [-0.1, -0.05) is 12.1 Å². The maximum atomic E-state index is 12.1. The number of benzene rings is 1. The lowest BCUT2D eigenvalue weighted by atomic mass is 9.97. The quantitative estimate of drug-likeness (QED) is 0.567. The van der Waals surface area contributed by atoms with Gasteiger partial charge >= 0.3 is 5.97 Å². The van der Waals surface area contributed by atoms with E-state index in [0.29, 0.717) is 25.3 Å². The molecular formula is C20H27NO5. The summed E-state index contributed by atoms with van der Waals surface area (Å²) in [5, 5.41) is 9.57. The minimum Gasteiger partial charge on any atom is -0.504 e. The first-order chi connectivity index (χ1) is 12.5. The number of ketones is 1. The van der Waals surface area contributed by atoms with Crippen LogP contribution in [0.2, 0.25) is 0 Å². The molecule has 0 amide bonds. The second-order valence-electron chi connectivity index (χ2n) is 6.35. The Labute approximate surface area is 154 Å². The predicted octanol–water partition coefficient (Wildman–Crippen LogP) is 2.65. The highest BCUT2D eigenvalue weighted by molar-refractivity contribution is 5.93. The molecule has 0 unspecified atom stereocenters. The van der Waals surface area contributed by atoms with Crippen LogP contribution < -0.4 is 4.74 Å². The molecule has 1 fully saturated rings. The molecule has 6 nitrogen and oxygen atoms in total. The van der Waals surface area contributed by atoms with Gasteiger partial charge in [-0.2, -0.15) is 0 Å². The first-order valence-electron chi connectivity index (χ1n) is 9.00. The van der Waals surface area contributed by atoms with E-state index in [1.54, 1.807) is 24.3 Å². The molecule has 0 saturated carbocycles. The lowest BCUT2D eigenvalue weighted by molar-refractivity contribution is -0.149. The minimum absolute atomic E-state index is 0.00808. The van der Waals surface area contributed by atoms with Crippen LogP contribution in [-0.2, 0) is 14.3 Å². The SMILES string of the molecule is CCOC(=O)C1CCN(CCC(=O)C=Cc2ccc(O)c(OC)c2)CC1. The summed E-state index contributed by atoms with van der Waals surface area (Å²) in [6.45, 7) is 4.57. The Morgan fingerprint density at radius 2 is 2.04 bits per heavy atom. The number of hydrogen-bond acceptors (Lipinski definition) is 6. The van der Waals surface area contributed by atoms with Crippen LogP contribution in [0.25, 0.3) is 6.08 Å². The van der Waals surface area contributed by atoms with Crippen LogP contribution in [0.4, 0.5) is 0 Å². The highest BCUT2D eigenvalue weighted by atomic mass is 16.5. The second-order valence-corrected chi connectivity index (χ2v) is 6.35. The van der Waals surface area contributed by atoms with E-state index < -0.39 is 0 Å². The van der Waals surface area contributed by atoms with Crippen molar-refractivity contribution in [3.05, 3.63) is 29.8 Å². The molecule has 0 aliphatic carbocycles. The zero-order valence-corrected chi connectivity index (χ0v) is 15.4. The number of aromatic hydroxyl groups is 1. The van der Waals surface area contributed by atoms with Crippen molar-refractivity contribution in [1.29, 1.82) is 0 Å². The van der Waals surface area contributed by atoms with E-state index in [-0.39, 0.29) is 23.4 Å². The standard InChI is InChI=1S/C20H27NO5/c1-3-26-20(24)16-8-11-21(12-9-16)13-10-17(22)6-4-15-5-7-18(23)19(14-15)25-2/h4-7,14,16,23H,3,8-13H2,1-2H3. The van der Waals surface area contributed by atoms with Crippen LogP contribution in [0.1, 0.15) is 31.7 Å². The Hall–Kier alpha value is -2.34. The summed E-state index contributed by atoms with van der Waals surface area (Å²) < 4.78 is 10.1. The van der Waals surface area contributed by atoms with Gasteiger partial charge in [0.1, 0.15) is 0 Å². The topological polar surface area (TPSA) is 76.1 Å². The van der Waals surface area contributed by atoms with Crippen molar-refractivity contribution in [2.24, 2.45) is 5.92 Å². The van der Waals surface area contributed by atoms with Crippen molar-refractivity contribution in [3.63, 3.8) is 0 Å². The monoisotopic (exact) mass is 361 g/mol. The molecule has 0 aromatic heterocycles. The van der Waals surface area contributed by atoms with Crippen molar-refractivity contribution >= 4 is 17.8 Å². The maximum absolute atomic E-state index is 12.1. The normalized spacial score (nSPS) is 15.9. The van der Waals surface area contributed by atoms with Crippen LogP contribution >= 0.6 is 0 Å². The highest BCUT2D eigenvalue weighted by Crippen LogP contribution is 2.26. The fourth-order valence-corrected chi connectivity index (χ4v) is 2.99. The second kappa shape index (κ2) is 9.97. The molecule has 0 atom stereocenters. The maximum Gasteiger partial charge on any atom is 0.309 e. The summed E-state index contributed by atoms with van der Waals surface area (Å²) >= 11 is 0. The van der Waals surface area contributed by atoms with Gasteiger partial charge in [-0.3, -0.25) is 9.59 Å². The average molecular weight is 361 g/mol. The van der Waals surface area contributed by atoms with E-state index in [9.17, 15) is 14.7 Å². The zero-order chi connectivity index (χ0) is 18.9. The number of allylic oxidation sites excluding steroid dienone is 1. The lowest BCUT2D eigenvalue weighted by Crippen LogP contribution is -2.37. The van der Waals surface area contributed by atoms with E-state index in [0.717, 1.165) is 31.5 Å². The summed E-state index contributed by atoms with van der Waals surface area (Å²) in [5.41, 5.74) is 0.795. The third kappa shape index (κ3) is 5.88. The molecule has 1 aliphatic heterocycles. The number of nitrogens with zero attached hydrogens (tertiary/aromatic N) is 1. The third-order valence-corrected chi connectivity index (χ3v) is 4.55. The van der Waals surface area contributed by atoms with Crippen molar-refractivity contribution in [2.75, 3.05) is 33.4 Å².